The van der Waals surface area contributed by atoms with Crippen molar-refractivity contribution in [3.05, 3.63) is 0 Å². The van der Waals surface area contributed by atoms with Crippen molar-refractivity contribution in [2.45, 2.75) is 92.0 Å². The molecular formula is C17H37N. The number of nitrogens with one attached hydrogen (secondary N) is 1. The molecule has 2 atom stereocenters. The topological polar surface area (TPSA) is 12.0 Å². The maximum Gasteiger partial charge on any atom is 0.00900 e. The monoisotopic (exact) mass is 255 g/mol. The summed E-state index contributed by atoms with van der Waals surface area (Å²) in [4.78, 5) is 0. The first-order chi connectivity index (χ1) is 8.65. The predicted octanol–water partition coefficient (Wildman–Crippen LogP) is 5.40. The van der Waals surface area contributed by atoms with Crippen LogP contribution in [-0.2, 0) is 0 Å². The molecule has 0 spiro atoms. The van der Waals surface area contributed by atoms with Crippen molar-refractivity contribution >= 4 is 0 Å². The highest BCUT2D eigenvalue weighted by atomic mass is 14.9. The minimum atomic E-state index is 0.730. The second-order valence-electron chi connectivity index (χ2n) is 6.15. The molecule has 0 rings (SSSR count). The first kappa shape index (κ1) is 18.0. The summed E-state index contributed by atoms with van der Waals surface area (Å²) in [6.45, 7) is 12.8. The quantitative estimate of drug-likeness (QED) is 0.492. The van der Waals surface area contributed by atoms with Gasteiger partial charge in [-0.3, -0.25) is 0 Å². The van der Waals surface area contributed by atoms with Crippen molar-refractivity contribution in [2.75, 3.05) is 6.54 Å². The Balaban J connectivity index is 3.81. The average molecular weight is 255 g/mol. The van der Waals surface area contributed by atoms with Crippen molar-refractivity contribution in [3.8, 4) is 0 Å². The molecule has 1 heteroatoms. The van der Waals surface area contributed by atoms with Crippen LogP contribution in [0, 0.1) is 11.8 Å². The molecule has 0 aliphatic heterocycles. The number of hydrogen-bond acceptors (Lipinski definition) is 1. The fraction of sp³-hybridized carbons (Fsp3) is 1.00. The maximum atomic E-state index is 3.70. The van der Waals surface area contributed by atoms with Crippen molar-refractivity contribution < 1.29 is 0 Å². The molecule has 1 N–H and O–H groups in total. The highest BCUT2D eigenvalue weighted by molar-refractivity contribution is 4.71. The van der Waals surface area contributed by atoms with Crippen LogP contribution in [0.25, 0.3) is 0 Å². The molecule has 110 valence electrons. The summed E-state index contributed by atoms with van der Waals surface area (Å²) < 4.78 is 0. The zero-order chi connectivity index (χ0) is 13.8. The van der Waals surface area contributed by atoms with E-state index in [0.29, 0.717) is 0 Å². The van der Waals surface area contributed by atoms with Crippen molar-refractivity contribution in [1.29, 1.82) is 0 Å². The van der Waals surface area contributed by atoms with Crippen molar-refractivity contribution in [3.63, 3.8) is 0 Å². The van der Waals surface area contributed by atoms with Crippen LogP contribution in [0.5, 0.6) is 0 Å². The third kappa shape index (κ3) is 8.97. The van der Waals surface area contributed by atoms with Crippen molar-refractivity contribution in [1.82, 2.24) is 5.32 Å². The first-order valence-electron chi connectivity index (χ1n) is 8.38. The molecule has 0 aliphatic carbocycles. The van der Waals surface area contributed by atoms with Gasteiger partial charge in [-0.05, 0) is 31.2 Å². The van der Waals surface area contributed by atoms with E-state index in [-0.39, 0.29) is 0 Å². The molecule has 0 heterocycles. The molecule has 0 radical (unpaired) electrons. The lowest BCUT2D eigenvalue weighted by atomic mass is 9.90. The summed E-state index contributed by atoms with van der Waals surface area (Å²) in [5.41, 5.74) is 0. The van der Waals surface area contributed by atoms with E-state index in [2.05, 4.69) is 39.9 Å². The summed E-state index contributed by atoms with van der Waals surface area (Å²) in [6, 6.07) is 0.730. The Kier molecular flexibility index (Phi) is 12.0. The molecular weight excluding hydrogens is 218 g/mol. The Bertz CT molecular complexity index is 165. The minimum Gasteiger partial charge on any atom is -0.314 e. The van der Waals surface area contributed by atoms with E-state index >= 15 is 0 Å². The molecule has 0 saturated carbocycles. The Morgan fingerprint density at radius 2 is 1.50 bits per heavy atom. The smallest absolute Gasteiger partial charge is 0.00900 e. The van der Waals surface area contributed by atoms with E-state index in [1.165, 1.54) is 57.9 Å². The van der Waals surface area contributed by atoms with Gasteiger partial charge in [-0.2, -0.15) is 0 Å². The zero-order valence-corrected chi connectivity index (χ0v) is 13.6. The largest absolute Gasteiger partial charge is 0.314 e. The van der Waals surface area contributed by atoms with E-state index in [1.54, 1.807) is 0 Å². The normalized spacial score (nSPS) is 15.0. The Hall–Kier alpha value is -0.0400. The predicted molar refractivity (Wildman–Crippen MR) is 84.1 cm³/mol. The van der Waals surface area contributed by atoms with Gasteiger partial charge in [-0.15, -0.1) is 0 Å². The Morgan fingerprint density at radius 1 is 0.833 bits per heavy atom. The first-order valence-corrected chi connectivity index (χ1v) is 8.38. The van der Waals surface area contributed by atoms with Crippen LogP contribution in [0.15, 0.2) is 0 Å². The highest BCUT2D eigenvalue weighted by Gasteiger charge is 2.13. The molecule has 0 amide bonds. The van der Waals surface area contributed by atoms with E-state index in [1.807, 2.05) is 0 Å². The summed E-state index contributed by atoms with van der Waals surface area (Å²) in [6.07, 6.45) is 11.0. The third-order valence-corrected chi connectivity index (χ3v) is 4.13. The third-order valence-electron chi connectivity index (χ3n) is 4.13. The fourth-order valence-corrected chi connectivity index (χ4v) is 2.67. The lowest BCUT2D eigenvalue weighted by molar-refractivity contribution is 0.338. The molecule has 0 aliphatic rings. The van der Waals surface area contributed by atoms with E-state index in [0.717, 1.165) is 17.9 Å². The van der Waals surface area contributed by atoms with Crippen LogP contribution >= 0.6 is 0 Å². The van der Waals surface area contributed by atoms with E-state index in [9.17, 15) is 0 Å². The zero-order valence-electron chi connectivity index (χ0n) is 13.6. The van der Waals surface area contributed by atoms with Gasteiger partial charge in [0.1, 0.15) is 0 Å². The summed E-state index contributed by atoms with van der Waals surface area (Å²) >= 11 is 0. The van der Waals surface area contributed by atoms with Gasteiger partial charge in [-0.1, -0.05) is 73.1 Å². The van der Waals surface area contributed by atoms with Gasteiger partial charge in [0.15, 0.2) is 0 Å². The Morgan fingerprint density at radius 3 is 2.00 bits per heavy atom. The highest BCUT2D eigenvalue weighted by Crippen LogP contribution is 2.21. The van der Waals surface area contributed by atoms with Gasteiger partial charge in [0.05, 0.1) is 0 Å². The van der Waals surface area contributed by atoms with Crippen LogP contribution in [0.4, 0.5) is 0 Å². The SMILES string of the molecule is CCCCC(CC)CCCC(NCCC)C(C)C. The van der Waals surface area contributed by atoms with Crippen LogP contribution in [0.2, 0.25) is 0 Å². The van der Waals surface area contributed by atoms with Crippen molar-refractivity contribution in [2.24, 2.45) is 11.8 Å². The van der Waals surface area contributed by atoms with E-state index < -0.39 is 0 Å². The second kappa shape index (κ2) is 12.0. The number of rotatable bonds is 12. The standard InChI is InChI=1S/C17H37N/c1-6-9-11-16(8-3)12-10-13-17(15(4)5)18-14-7-2/h15-18H,6-14H2,1-5H3. The molecule has 0 fully saturated rings. The van der Waals surface area contributed by atoms with Gasteiger partial charge in [0, 0.05) is 6.04 Å². The average Bonchev–Trinajstić information content (AvgIpc) is 2.36. The number of hydrogen-bond donors (Lipinski definition) is 1. The summed E-state index contributed by atoms with van der Waals surface area (Å²) in [5.74, 6) is 1.75. The summed E-state index contributed by atoms with van der Waals surface area (Å²) in [5, 5.41) is 3.70. The van der Waals surface area contributed by atoms with Gasteiger partial charge in [0.2, 0.25) is 0 Å². The summed E-state index contributed by atoms with van der Waals surface area (Å²) in [7, 11) is 0. The molecule has 1 nitrogen and oxygen atoms in total. The van der Waals surface area contributed by atoms with E-state index in [4.69, 9.17) is 0 Å². The molecule has 0 saturated heterocycles. The molecule has 0 aromatic heterocycles. The maximum absolute atomic E-state index is 3.70. The fourth-order valence-electron chi connectivity index (χ4n) is 2.67. The Labute approximate surface area is 116 Å². The van der Waals surface area contributed by atoms with Gasteiger partial charge < -0.3 is 5.32 Å². The molecule has 0 bridgehead atoms. The van der Waals surface area contributed by atoms with Crippen LogP contribution < -0.4 is 5.32 Å². The number of unbranched alkanes of at least 4 members (excludes halogenated alkanes) is 1. The molecule has 0 aromatic rings. The molecule has 2 unspecified atom stereocenters. The lowest BCUT2D eigenvalue weighted by Crippen LogP contribution is -2.34. The molecule has 18 heavy (non-hydrogen) atoms. The van der Waals surface area contributed by atoms with Crippen LogP contribution in [0.3, 0.4) is 0 Å². The minimum absolute atomic E-state index is 0.730. The lowest BCUT2D eigenvalue weighted by Gasteiger charge is -2.23. The van der Waals surface area contributed by atoms with Crippen LogP contribution in [-0.4, -0.2) is 12.6 Å². The molecule has 0 aromatic carbocycles. The van der Waals surface area contributed by atoms with Gasteiger partial charge >= 0.3 is 0 Å². The van der Waals surface area contributed by atoms with Crippen LogP contribution in [0.1, 0.15) is 86.0 Å². The second-order valence-corrected chi connectivity index (χ2v) is 6.15. The van der Waals surface area contributed by atoms with Gasteiger partial charge in [-0.25, -0.2) is 0 Å². The van der Waals surface area contributed by atoms with Gasteiger partial charge in [0.25, 0.3) is 0 Å².